The molecule has 6 heteroatoms. The highest BCUT2D eigenvalue weighted by molar-refractivity contribution is 7.98. The molecular formula is C20H27NO3S2. The molecule has 2 aromatic rings. The van der Waals surface area contributed by atoms with Crippen LogP contribution < -0.4 is 5.32 Å². The lowest BCUT2D eigenvalue weighted by atomic mass is 10.1. The van der Waals surface area contributed by atoms with E-state index in [-0.39, 0.29) is 5.75 Å². The molecule has 0 amide bonds. The third-order valence-corrected chi connectivity index (χ3v) is 6.15. The van der Waals surface area contributed by atoms with Gasteiger partial charge in [0.15, 0.2) is 10.6 Å². The van der Waals surface area contributed by atoms with Gasteiger partial charge in [-0.05, 0) is 47.5 Å². The first-order valence-electron chi connectivity index (χ1n) is 8.67. The van der Waals surface area contributed by atoms with Gasteiger partial charge in [-0.1, -0.05) is 36.4 Å². The number of benzene rings is 2. The fraction of sp³-hybridized carbons (Fsp3) is 0.400. The molecule has 0 aliphatic carbocycles. The molecule has 0 aromatic heterocycles. The maximum atomic E-state index is 11.6. The Balaban J connectivity index is 1.71. The van der Waals surface area contributed by atoms with Gasteiger partial charge in [0, 0.05) is 24.4 Å². The summed E-state index contributed by atoms with van der Waals surface area (Å²) < 4.78 is 11.6. The Morgan fingerprint density at radius 3 is 2.62 bits per heavy atom. The van der Waals surface area contributed by atoms with E-state index in [4.69, 9.17) is 0 Å². The summed E-state index contributed by atoms with van der Waals surface area (Å²) in [5.41, 5.74) is 2.00. The highest BCUT2D eigenvalue weighted by Gasteiger charge is 2.16. The Morgan fingerprint density at radius 2 is 1.92 bits per heavy atom. The van der Waals surface area contributed by atoms with Crippen molar-refractivity contribution in [3.8, 4) is 5.75 Å². The van der Waals surface area contributed by atoms with E-state index in [1.807, 2.05) is 17.8 Å². The average molecular weight is 394 g/mol. The van der Waals surface area contributed by atoms with Crippen LogP contribution in [0.3, 0.4) is 0 Å². The number of hydrogen-bond donors (Lipinski definition) is 3. The van der Waals surface area contributed by atoms with Crippen molar-refractivity contribution in [1.29, 1.82) is 0 Å². The number of phenols is 1. The van der Waals surface area contributed by atoms with Crippen molar-refractivity contribution in [2.75, 3.05) is 18.6 Å². The van der Waals surface area contributed by atoms with E-state index in [1.165, 1.54) is 17.9 Å². The molecule has 3 atom stereocenters. The Kier molecular flexibility index (Phi) is 8.81. The van der Waals surface area contributed by atoms with Gasteiger partial charge in [-0.3, -0.25) is 0 Å². The number of aromatic hydroxyl groups is 1. The van der Waals surface area contributed by atoms with Crippen LogP contribution in [-0.4, -0.2) is 39.4 Å². The Labute approximate surface area is 163 Å². The summed E-state index contributed by atoms with van der Waals surface area (Å²) in [6.07, 6.45) is 1.83. The van der Waals surface area contributed by atoms with Crippen molar-refractivity contribution in [3.63, 3.8) is 0 Å². The molecule has 0 heterocycles. The number of hydrogen-bond acceptors (Lipinski definition) is 5. The van der Waals surface area contributed by atoms with Gasteiger partial charge in [-0.2, -0.15) is 11.8 Å². The Morgan fingerprint density at radius 1 is 1.19 bits per heavy atom. The second-order valence-corrected chi connectivity index (χ2v) is 8.79. The maximum absolute atomic E-state index is 11.6. The summed E-state index contributed by atoms with van der Waals surface area (Å²) in [7, 11) is 0. The van der Waals surface area contributed by atoms with E-state index in [0.29, 0.717) is 23.0 Å². The predicted octanol–water partition coefficient (Wildman–Crippen LogP) is 3.46. The number of phenolic OH excluding ortho intramolecular Hbond substituents is 1. The van der Waals surface area contributed by atoms with Gasteiger partial charge in [0.1, 0.15) is 6.26 Å². The second-order valence-electron chi connectivity index (χ2n) is 6.33. The van der Waals surface area contributed by atoms with E-state index in [2.05, 4.69) is 36.5 Å². The zero-order chi connectivity index (χ0) is 18.9. The number of nitrogens with one attached hydrogen (secondary N) is 1. The standard InChI is InChI=1S/C20H27NO3S2/c1-15(10-11-25-14-16-6-4-3-5-7-16)21-13-19(23)17-8-9-18(22)20(12-17)26(2)24/h3-9,12,15,19,21-23H,10-11,13-14H2,1-2H3. The Hall–Kier alpha value is -1.18. The van der Waals surface area contributed by atoms with Crippen molar-refractivity contribution in [2.45, 2.75) is 36.1 Å². The lowest BCUT2D eigenvalue weighted by molar-refractivity contribution is 0.170. The van der Waals surface area contributed by atoms with E-state index < -0.39 is 17.3 Å². The molecular weight excluding hydrogens is 366 g/mol. The summed E-state index contributed by atoms with van der Waals surface area (Å²) >= 11 is 0.622. The van der Waals surface area contributed by atoms with E-state index in [1.54, 1.807) is 12.1 Å². The average Bonchev–Trinajstić information content (AvgIpc) is 2.64. The van der Waals surface area contributed by atoms with Gasteiger partial charge in [-0.15, -0.1) is 0 Å². The summed E-state index contributed by atoms with van der Waals surface area (Å²) in [5.74, 6) is 2.07. The molecule has 0 saturated carbocycles. The van der Waals surface area contributed by atoms with Crippen molar-refractivity contribution in [3.05, 3.63) is 59.7 Å². The van der Waals surface area contributed by atoms with Crippen molar-refractivity contribution >= 4 is 22.9 Å². The van der Waals surface area contributed by atoms with Crippen LogP contribution in [0.5, 0.6) is 5.75 Å². The number of thioether (sulfide) groups is 1. The molecule has 0 fully saturated rings. The second kappa shape index (κ2) is 10.8. The van der Waals surface area contributed by atoms with Crippen LogP contribution in [0, 0.1) is 0 Å². The lowest BCUT2D eigenvalue weighted by Gasteiger charge is -2.18. The minimum Gasteiger partial charge on any atom is -0.612 e. The summed E-state index contributed by atoms with van der Waals surface area (Å²) in [5, 5.41) is 23.4. The maximum Gasteiger partial charge on any atom is 0.194 e. The fourth-order valence-electron chi connectivity index (χ4n) is 2.53. The number of aliphatic hydroxyl groups is 1. The number of rotatable bonds is 10. The van der Waals surface area contributed by atoms with Crippen molar-refractivity contribution < 1.29 is 14.8 Å². The first-order valence-corrected chi connectivity index (χ1v) is 11.4. The fourth-order valence-corrected chi connectivity index (χ4v) is 4.28. The minimum atomic E-state index is -1.29. The first kappa shape index (κ1) is 21.1. The molecule has 26 heavy (non-hydrogen) atoms. The molecule has 0 saturated heterocycles. The molecule has 3 N–H and O–H groups in total. The predicted molar refractivity (Wildman–Crippen MR) is 110 cm³/mol. The molecule has 0 spiro atoms. The van der Waals surface area contributed by atoms with Gasteiger partial charge in [0.2, 0.25) is 0 Å². The van der Waals surface area contributed by atoms with E-state index in [9.17, 15) is 14.8 Å². The molecule has 2 rings (SSSR count). The highest BCUT2D eigenvalue weighted by atomic mass is 32.2. The third-order valence-electron chi connectivity index (χ3n) is 4.14. The normalized spacial score (nSPS) is 14.8. The van der Waals surface area contributed by atoms with Crippen LogP contribution in [0.25, 0.3) is 0 Å². The van der Waals surface area contributed by atoms with Crippen LogP contribution in [0.15, 0.2) is 53.4 Å². The van der Waals surface area contributed by atoms with E-state index >= 15 is 0 Å². The number of aliphatic hydroxyl groups excluding tert-OH is 1. The monoisotopic (exact) mass is 393 g/mol. The molecule has 142 valence electrons. The topological polar surface area (TPSA) is 75.5 Å². The lowest BCUT2D eigenvalue weighted by Crippen LogP contribution is -2.30. The van der Waals surface area contributed by atoms with Crippen LogP contribution >= 0.6 is 11.8 Å². The van der Waals surface area contributed by atoms with Gasteiger partial charge in [0.05, 0.1) is 6.10 Å². The van der Waals surface area contributed by atoms with Crippen LogP contribution in [0.4, 0.5) is 0 Å². The van der Waals surface area contributed by atoms with Crippen molar-refractivity contribution in [1.82, 2.24) is 5.32 Å². The Bertz CT molecular complexity index is 667. The van der Waals surface area contributed by atoms with Crippen molar-refractivity contribution in [2.24, 2.45) is 0 Å². The highest BCUT2D eigenvalue weighted by Crippen LogP contribution is 2.26. The van der Waals surface area contributed by atoms with Gasteiger partial charge in [-0.25, -0.2) is 0 Å². The molecule has 0 radical (unpaired) electrons. The zero-order valence-electron chi connectivity index (χ0n) is 15.2. The first-order chi connectivity index (χ1) is 12.5. The smallest absolute Gasteiger partial charge is 0.194 e. The van der Waals surface area contributed by atoms with Gasteiger partial charge in [0.25, 0.3) is 0 Å². The van der Waals surface area contributed by atoms with Crippen LogP contribution in [0.2, 0.25) is 0 Å². The minimum absolute atomic E-state index is 0.00134. The summed E-state index contributed by atoms with van der Waals surface area (Å²) in [6, 6.07) is 15.5. The van der Waals surface area contributed by atoms with Crippen LogP contribution in [0.1, 0.15) is 30.6 Å². The zero-order valence-corrected chi connectivity index (χ0v) is 16.9. The van der Waals surface area contributed by atoms with Gasteiger partial charge < -0.3 is 20.1 Å². The molecule has 3 unspecified atom stereocenters. The summed E-state index contributed by atoms with van der Waals surface area (Å²) in [4.78, 5) is 0.354. The molecule has 0 aliphatic rings. The molecule has 4 nitrogen and oxygen atoms in total. The molecule has 2 aromatic carbocycles. The summed E-state index contributed by atoms with van der Waals surface area (Å²) in [6.45, 7) is 2.53. The quantitative estimate of drug-likeness (QED) is 0.426. The molecule has 0 bridgehead atoms. The van der Waals surface area contributed by atoms with Gasteiger partial charge >= 0.3 is 0 Å². The largest absolute Gasteiger partial charge is 0.612 e. The van der Waals surface area contributed by atoms with Crippen LogP contribution in [-0.2, 0) is 16.9 Å². The van der Waals surface area contributed by atoms with E-state index in [0.717, 1.165) is 17.9 Å². The SMILES string of the molecule is CC(CCSCc1ccccc1)NCC(O)c1ccc(O)c([S+](C)[O-])c1. The third kappa shape index (κ3) is 6.85. The molecule has 0 aliphatic heterocycles.